The lowest BCUT2D eigenvalue weighted by Gasteiger charge is -2.23. The Hall–Kier alpha value is -2.24. The second-order valence-corrected chi connectivity index (χ2v) is 4.62. The molecule has 1 rings (SSSR count). The number of benzene rings is 1. The van der Waals surface area contributed by atoms with Gasteiger partial charge in [-0.25, -0.2) is 0 Å². The summed E-state index contributed by atoms with van der Waals surface area (Å²) < 4.78 is 10.1. The molecule has 6 heteroatoms. The van der Waals surface area contributed by atoms with Crippen LogP contribution in [0, 0.1) is 5.92 Å². The fourth-order valence-electron chi connectivity index (χ4n) is 1.66. The molecule has 0 aromatic heterocycles. The van der Waals surface area contributed by atoms with Crippen LogP contribution in [0.2, 0.25) is 0 Å². The van der Waals surface area contributed by atoms with Gasteiger partial charge in [0, 0.05) is 11.6 Å². The van der Waals surface area contributed by atoms with E-state index >= 15 is 0 Å². The predicted molar refractivity (Wildman–Crippen MR) is 70.6 cm³/mol. The maximum Gasteiger partial charge on any atom is 0.252 e. The van der Waals surface area contributed by atoms with Crippen molar-refractivity contribution >= 4 is 11.9 Å². The lowest BCUT2D eigenvalue weighted by molar-refractivity contribution is -0.309. The molecule has 110 valence electrons. The van der Waals surface area contributed by atoms with Crippen molar-refractivity contribution < 1.29 is 24.2 Å². The van der Waals surface area contributed by atoms with Gasteiger partial charge < -0.3 is 24.7 Å². The molecule has 0 aliphatic rings. The van der Waals surface area contributed by atoms with Crippen molar-refractivity contribution in [3.8, 4) is 11.5 Å². The van der Waals surface area contributed by atoms with Crippen LogP contribution in [0.15, 0.2) is 18.2 Å². The first kappa shape index (κ1) is 15.8. The van der Waals surface area contributed by atoms with Gasteiger partial charge in [-0.15, -0.1) is 0 Å². The first-order chi connectivity index (χ1) is 9.38. The highest BCUT2D eigenvalue weighted by molar-refractivity contribution is 5.97. The molecule has 0 aliphatic heterocycles. The van der Waals surface area contributed by atoms with Crippen LogP contribution in [0.25, 0.3) is 0 Å². The third-order valence-electron chi connectivity index (χ3n) is 2.82. The van der Waals surface area contributed by atoms with Gasteiger partial charge in [-0.2, -0.15) is 0 Å². The first-order valence-electron chi connectivity index (χ1n) is 6.13. The number of nitrogens with one attached hydrogen (secondary N) is 1. The van der Waals surface area contributed by atoms with Crippen molar-refractivity contribution in [2.24, 2.45) is 5.92 Å². The number of ether oxygens (including phenoxy) is 2. The molecule has 6 nitrogen and oxygen atoms in total. The predicted octanol–water partition coefficient (Wildman–Crippen LogP) is 0.208. The highest BCUT2D eigenvalue weighted by atomic mass is 16.5. The van der Waals surface area contributed by atoms with Gasteiger partial charge in [-0.05, 0) is 18.1 Å². The summed E-state index contributed by atoms with van der Waals surface area (Å²) in [6, 6.07) is 3.57. The molecule has 0 aliphatic carbocycles. The quantitative estimate of drug-likeness (QED) is 0.804. The number of rotatable bonds is 6. The van der Waals surface area contributed by atoms with E-state index in [0.29, 0.717) is 11.5 Å². The van der Waals surface area contributed by atoms with E-state index in [1.807, 2.05) is 0 Å². The number of carboxylic acid groups (broad SMARTS) is 1. The van der Waals surface area contributed by atoms with Crippen LogP contribution in [0.5, 0.6) is 11.5 Å². The van der Waals surface area contributed by atoms with Crippen LogP contribution in [0.1, 0.15) is 24.2 Å². The van der Waals surface area contributed by atoms with Crippen molar-refractivity contribution in [1.29, 1.82) is 0 Å². The normalized spacial score (nSPS) is 11.8. The summed E-state index contributed by atoms with van der Waals surface area (Å²) >= 11 is 0. The molecule has 0 saturated heterocycles. The topological polar surface area (TPSA) is 87.7 Å². The minimum Gasteiger partial charge on any atom is -0.548 e. The average Bonchev–Trinajstić information content (AvgIpc) is 2.42. The first-order valence-corrected chi connectivity index (χ1v) is 6.13. The molecule has 0 spiro atoms. The second-order valence-electron chi connectivity index (χ2n) is 4.62. The molecule has 0 saturated carbocycles. The number of amides is 1. The Morgan fingerprint density at radius 1 is 1.10 bits per heavy atom. The minimum atomic E-state index is -1.32. The molecule has 0 fully saturated rings. The molecule has 0 radical (unpaired) electrons. The fraction of sp³-hybridized carbons (Fsp3) is 0.429. The SMILES string of the molecule is COc1cc(OC)cc(C(=O)N[C@@H](C(=O)[O-])C(C)C)c1. The van der Waals surface area contributed by atoms with Crippen LogP contribution < -0.4 is 19.9 Å². The average molecular weight is 280 g/mol. The van der Waals surface area contributed by atoms with Crippen molar-refractivity contribution in [3.63, 3.8) is 0 Å². The van der Waals surface area contributed by atoms with Crippen molar-refractivity contribution in [2.75, 3.05) is 14.2 Å². The Bertz CT molecular complexity index is 476. The maximum atomic E-state index is 12.1. The molecule has 0 unspecified atom stereocenters. The van der Waals surface area contributed by atoms with E-state index in [-0.39, 0.29) is 11.5 Å². The molecule has 1 N–H and O–H groups in total. The zero-order valence-electron chi connectivity index (χ0n) is 11.9. The molecule has 1 aromatic rings. The summed E-state index contributed by atoms with van der Waals surface area (Å²) in [5.74, 6) is -1.22. The van der Waals surface area contributed by atoms with Gasteiger partial charge in [0.1, 0.15) is 11.5 Å². The number of aliphatic carboxylic acids is 1. The number of hydrogen-bond donors (Lipinski definition) is 1. The van der Waals surface area contributed by atoms with E-state index in [1.54, 1.807) is 19.9 Å². The number of carboxylic acids is 1. The van der Waals surface area contributed by atoms with E-state index in [2.05, 4.69) is 5.32 Å². The minimum absolute atomic E-state index is 0.258. The van der Waals surface area contributed by atoms with Crippen LogP contribution in [-0.4, -0.2) is 32.1 Å². The molecule has 20 heavy (non-hydrogen) atoms. The number of hydrogen-bond acceptors (Lipinski definition) is 5. The molecular formula is C14H18NO5-. The molecule has 1 aromatic carbocycles. The Morgan fingerprint density at radius 2 is 1.60 bits per heavy atom. The van der Waals surface area contributed by atoms with Crippen molar-refractivity contribution in [1.82, 2.24) is 5.32 Å². The van der Waals surface area contributed by atoms with Gasteiger partial charge in [0.25, 0.3) is 5.91 Å². The van der Waals surface area contributed by atoms with E-state index in [4.69, 9.17) is 9.47 Å². The molecular weight excluding hydrogens is 262 g/mol. The highest BCUT2D eigenvalue weighted by Crippen LogP contribution is 2.22. The van der Waals surface area contributed by atoms with Gasteiger partial charge in [0.05, 0.1) is 26.2 Å². The summed E-state index contributed by atoms with van der Waals surface area (Å²) in [6.07, 6.45) is 0. The van der Waals surface area contributed by atoms with Gasteiger partial charge in [-0.3, -0.25) is 4.79 Å². The Balaban J connectivity index is 2.99. The number of methoxy groups -OCH3 is 2. The lowest BCUT2D eigenvalue weighted by Crippen LogP contribution is -2.50. The third kappa shape index (κ3) is 3.88. The number of carbonyl (C=O) groups is 2. The molecule has 0 bridgehead atoms. The molecule has 1 amide bonds. The van der Waals surface area contributed by atoms with Crippen LogP contribution in [0.3, 0.4) is 0 Å². The third-order valence-corrected chi connectivity index (χ3v) is 2.82. The van der Waals surface area contributed by atoms with E-state index in [9.17, 15) is 14.7 Å². The largest absolute Gasteiger partial charge is 0.548 e. The second kappa shape index (κ2) is 6.79. The summed E-state index contributed by atoms with van der Waals surface area (Å²) in [5, 5.41) is 13.4. The van der Waals surface area contributed by atoms with Gasteiger partial charge >= 0.3 is 0 Å². The van der Waals surface area contributed by atoms with Crippen molar-refractivity contribution in [3.05, 3.63) is 23.8 Å². The van der Waals surface area contributed by atoms with Crippen molar-refractivity contribution in [2.45, 2.75) is 19.9 Å². The van der Waals surface area contributed by atoms with Crippen LogP contribution in [-0.2, 0) is 4.79 Å². The Labute approximate surface area is 117 Å². The van der Waals surface area contributed by atoms with E-state index < -0.39 is 17.9 Å². The standard InChI is InChI=1S/C14H19NO5/c1-8(2)12(14(17)18)15-13(16)9-5-10(19-3)7-11(6-9)20-4/h5-8,12H,1-4H3,(H,15,16)(H,17,18)/p-1/t12-/m1/s1. The maximum absolute atomic E-state index is 12.1. The van der Waals surface area contributed by atoms with E-state index in [0.717, 1.165) is 0 Å². The summed E-state index contributed by atoms with van der Waals surface area (Å²) in [4.78, 5) is 23.1. The van der Waals surface area contributed by atoms with E-state index in [1.165, 1.54) is 26.4 Å². The Kier molecular flexibility index (Phi) is 5.37. The Morgan fingerprint density at radius 3 is 1.95 bits per heavy atom. The van der Waals surface area contributed by atoms with Gasteiger partial charge in [0.15, 0.2) is 0 Å². The van der Waals surface area contributed by atoms with Crippen LogP contribution >= 0.6 is 0 Å². The highest BCUT2D eigenvalue weighted by Gasteiger charge is 2.19. The zero-order chi connectivity index (χ0) is 15.3. The smallest absolute Gasteiger partial charge is 0.252 e. The van der Waals surface area contributed by atoms with Gasteiger partial charge in [0.2, 0.25) is 0 Å². The van der Waals surface area contributed by atoms with Gasteiger partial charge in [-0.1, -0.05) is 13.8 Å². The van der Waals surface area contributed by atoms with Crippen LogP contribution in [0.4, 0.5) is 0 Å². The number of carbonyl (C=O) groups excluding carboxylic acids is 2. The molecule has 0 heterocycles. The zero-order valence-corrected chi connectivity index (χ0v) is 11.9. The monoisotopic (exact) mass is 280 g/mol. The molecule has 1 atom stereocenters. The summed E-state index contributed by atoms with van der Waals surface area (Å²) in [7, 11) is 2.93. The lowest BCUT2D eigenvalue weighted by atomic mass is 10.0. The summed E-state index contributed by atoms with van der Waals surface area (Å²) in [5.41, 5.74) is 0.258. The summed E-state index contributed by atoms with van der Waals surface area (Å²) in [6.45, 7) is 3.37. The fourth-order valence-corrected chi connectivity index (χ4v) is 1.66.